The summed E-state index contributed by atoms with van der Waals surface area (Å²) in [6.07, 6.45) is 3.95. The molecule has 0 spiro atoms. The Morgan fingerprint density at radius 2 is 1.73 bits per heavy atom. The van der Waals surface area contributed by atoms with Crippen LogP contribution in [0.1, 0.15) is 33.5 Å². The second-order valence-electron chi connectivity index (χ2n) is 15.3. The van der Waals surface area contributed by atoms with E-state index < -0.39 is 18.2 Å². The maximum Gasteiger partial charge on any atom is 0.334 e. The van der Waals surface area contributed by atoms with E-state index in [0.29, 0.717) is 11.5 Å². The number of amides is 5. The zero-order valence-corrected chi connectivity index (χ0v) is 31.4. The van der Waals surface area contributed by atoms with Gasteiger partial charge >= 0.3 is 6.03 Å². The number of urea groups is 1. The molecule has 4 atom stereocenters. The lowest BCUT2D eigenvalue weighted by atomic mass is 9.98. The summed E-state index contributed by atoms with van der Waals surface area (Å²) < 4.78 is 1.97. The second kappa shape index (κ2) is 14.9. The number of para-hydroxylation sites is 1. The minimum Gasteiger partial charge on any atom is -0.508 e. The standard InChI is InChI=1S/C42H48N8O5/c1-4-18-47-27-38(52)49-35(20-28-13-15-32(51)16-14-28)41(54)46(26-37(49)50(47)42(55)43-21-29-9-6-5-7-10-29)23-31-11-8-12-33-34(24-45(3)39(31)33)40(53)48-19-17-30-22-44(2)25-36(30)48/h4-16,24,30,35-37,51H,1,17-23,25-27H2,2-3H3,(H,43,55)/t30?,35-,36?,37-/m0/s1. The Kier molecular flexibility index (Phi) is 9.82. The molecule has 0 aliphatic carbocycles. The number of rotatable bonds is 9. The second-order valence-corrected chi connectivity index (χ2v) is 15.3. The van der Waals surface area contributed by atoms with Crippen LogP contribution in [-0.4, -0.2) is 128 Å². The van der Waals surface area contributed by atoms with E-state index in [9.17, 15) is 24.3 Å². The van der Waals surface area contributed by atoms with Gasteiger partial charge in [0.15, 0.2) is 0 Å². The molecule has 4 fully saturated rings. The largest absolute Gasteiger partial charge is 0.508 e. The molecule has 4 aromatic rings. The Bertz CT molecular complexity index is 2120. The van der Waals surface area contributed by atoms with Crippen molar-refractivity contribution in [1.29, 1.82) is 0 Å². The van der Waals surface area contributed by atoms with Crippen molar-refractivity contribution in [2.75, 3.05) is 46.3 Å². The third-order valence-electron chi connectivity index (χ3n) is 11.7. The third-order valence-corrected chi connectivity index (χ3v) is 11.7. The number of aromatic nitrogens is 1. The number of carbonyl (C=O) groups excluding carboxylic acids is 4. The van der Waals surface area contributed by atoms with E-state index in [1.54, 1.807) is 50.2 Å². The Labute approximate surface area is 320 Å². The van der Waals surface area contributed by atoms with Crippen LogP contribution >= 0.6 is 0 Å². The van der Waals surface area contributed by atoms with Crippen molar-refractivity contribution in [2.45, 2.75) is 44.2 Å². The summed E-state index contributed by atoms with van der Waals surface area (Å²) in [6, 6.07) is 21.0. The number of nitrogens with zero attached hydrogens (tertiary/aromatic N) is 7. The summed E-state index contributed by atoms with van der Waals surface area (Å²) in [6.45, 7) is 7.22. The number of phenols is 1. The number of hydrazine groups is 1. The SMILES string of the molecule is C=CCN1CC(=O)N2[C@@H](Cc3ccc(O)cc3)C(=O)N(Cc3cccc4c(C(=O)N5CCC6CN(C)CC65)cn(C)c34)C[C@@H]2N1C(=O)NCc1ccccc1. The van der Waals surface area contributed by atoms with Gasteiger partial charge in [-0.15, -0.1) is 6.58 Å². The molecule has 286 valence electrons. The number of carbonyl (C=O) groups is 4. The molecule has 13 heteroatoms. The van der Waals surface area contributed by atoms with E-state index in [1.165, 1.54) is 0 Å². The molecule has 2 unspecified atom stereocenters. The molecular weight excluding hydrogens is 697 g/mol. The van der Waals surface area contributed by atoms with Gasteiger partial charge in [-0.25, -0.2) is 14.8 Å². The normalized spacial score (nSPS) is 23.0. The first kappa shape index (κ1) is 36.3. The first-order valence-corrected chi connectivity index (χ1v) is 19.0. The van der Waals surface area contributed by atoms with Crippen LogP contribution < -0.4 is 5.32 Å². The maximum absolute atomic E-state index is 14.7. The highest BCUT2D eigenvalue weighted by atomic mass is 16.3. The predicted octanol–water partition coefficient (Wildman–Crippen LogP) is 3.40. The molecule has 8 rings (SSSR count). The Morgan fingerprint density at radius 3 is 2.49 bits per heavy atom. The fraction of sp³-hybridized carbons (Fsp3) is 0.381. The van der Waals surface area contributed by atoms with Crippen LogP contribution in [0.25, 0.3) is 10.9 Å². The number of piperazine rings is 1. The van der Waals surface area contributed by atoms with Gasteiger partial charge in [0.05, 0.1) is 24.2 Å². The van der Waals surface area contributed by atoms with E-state index in [0.717, 1.165) is 53.6 Å². The topological polar surface area (TPSA) is 125 Å². The van der Waals surface area contributed by atoms with Crippen molar-refractivity contribution in [3.05, 3.63) is 114 Å². The minimum absolute atomic E-state index is 0.0318. The van der Waals surface area contributed by atoms with Gasteiger partial charge in [0.2, 0.25) is 11.8 Å². The molecule has 0 saturated carbocycles. The fourth-order valence-electron chi connectivity index (χ4n) is 9.19. The Morgan fingerprint density at radius 1 is 0.945 bits per heavy atom. The van der Waals surface area contributed by atoms with Crippen molar-refractivity contribution >= 4 is 34.7 Å². The van der Waals surface area contributed by atoms with Crippen LogP contribution in [0.2, 0.25) is 0 Å². The molecule has 4 aliphatic rings. The maximum atomic E-state index is 14.7. The van der Waals surface area contributed by atoms with Gasteiger partial charge in [-0.1, -0.05) is 66.7 Å². The number of likely N-dealkylation sites (tertiary alicyclic amines) is 2. The van der Waals surface area contributed by atoms with Gasteiger partial charge in [-0.2, -0.15) is 0 Å². The van der Waals surface area contributed by atoms with Crippen LogP contribution in [0.15, 0.2) is 91.6 Å². The van der Waals surface area contributed by atoms with E-state index in [2.05, 4.69) is 23.8 Å². The Hall–Kier alpha value is -5.66. The van der Waals surface area contributed by atoms with Crippen LogP contribution in [0.4, 0.5) is 4.79 Å². The number of likely N-dealkylation sites (N-methyl/N-ethyl adjacent to an activating group) is 1. The highest BCUT2D eigenvalue weighted by molar-refractivity contribution is 6.08. The van der Waals surface area contributed by atoms with Gasteiger partial charge in [0.25, 0.3) is 5.91 Å². The molecule has 0 bridgehead atoms. The number of phenolic OH excluding ortho intramolecular Hbond substituents is 1. The van der Waals surface area contributed by atoms with Gasteiger partial charge < -0.3 is 34.6 Å². The highest BCUT2D eigenvalue weighted by Crippen LogP contribution is 2.35. The fourth-order valence-corrected chi connectivity index (χ4v) is 9.19. The van der Waals surface area contributed by atoms with E-state index >= 15 is 0 Å². The zero-order chi connectivity index (χ0) is 38.4. The monoisotopic (exact) mass is 744 g/mol. The molecule has 55 heavy (non-hydrogen) atoms. The number of hydrogen-bond donors (Lipinski definition) is 2. The average Bonchev–Trinajstić information content (AvgIpc) is 3.85. The lowest BCUT2D eigenvalue weighted by Crippen LogP contribution is -2.76. The van der Waals surface area contributed by atoms with E-state index in [4.69, 9.17) is 0 Å². The van der Waals surface area contributed by atoms with Gasteiger partial charge in [-0.3, -0.25) is 14.4 Å². The first-order valence-electron chi connectivity index (χ1n) is 19.0. The quantitative estimate of drug-likeness (QED) is 0.252. The van der Waals surface area contributed by atoms with Crippen LogP contribution in [0.3, 0.4) is 0 Å². The lowest BCUT2D eigenvalue weighted by Gasteiger charge is -2.55. The molecule has 5 amide bonds. The first-order chi connectivity index (χ1) is 26.6. The molecule has 13 nitrogen and oxygen atoms in total. The van der Waals surface area contributed by atoms with E-state index in [-0.39, 0.29) is 68.7 Å². The third kappa shape index (κ3) is 6.82. The molecule has 4 saturated heterocycles. The summed E-state index contributed by atoms with van der Waals surface area (Å²) in [5.74, 6) is 0.121. The summed E-state index contributed by atoms with van der Waals surface area (Å²) in [5.41, 5.74) is 4.06. The van der Waals surface area contributed by atoms with Crippen molar-refractivity contribution < 1.29 is 24.3 Å². The molecule has 2 N–H and O–H groups in total. The van der Waals surface area contributed by atoms with Crippen molar-refractivity contribution in [3.63, 3.8) is 0 Å². The van der Waals surface area contributed by atoms with E-state index in [1.807, 2.05) is 71.2 Å². The lowest BCUT2D eigenvalue weighted by molar-refractivity contribution is -0.189. The number of fused-ring (bicyclic) bond motifs is 3. The zero-order valence-electron chi connectivity index (χ0n) is 31.4. The minimum atomic E-state index is -0.913. The highest BCUT2D eigenvalue weighted by Gasteiger charge is 2.51. The van der Waals surface area contributed by atoms with Crippen molar-refractivity contribution in [1.82, 2.24) is 39.5 Å². The van der Waals surface area contributed by atoms with Gasteiger partial charge in [0.1, 0.15) is 18.0 Å². The number of benzene rings is 3. The summed E-state index contributed by atoms with van der Waals surface area (Å²) >= 11 is 0. The average molecular weight is 745 g/mol. The molecule has 0 radical (unpaired) electrons. The van der Waals surface area contributed by atoms with Crippen LogP contribution in [0, 0.1) is 5.92 Å². The number of aromatic hydroxyl groups is 1. The number of hydrogen-bond acceptors (Lipinski definition) is 7. The molecular formula is C42H48N8O5. The molecule has 3 aromatic carbocycles. The summed E-state index contributed by atoms with van der Waals surface area (Å²) in [5, 5.41) is 17.1. The van der Waals surface area contributed by atoms with Crippen molar-refractivity contribution in [3.8, 4) is 5.75 Å². The van der Waals surface area contributed by atoms with Gasteiger partial charge in [-0.05, 0) is 48.2 Å². The number of nitrogens with one attached hydrogen (secondary N) is 1. The summed E-state index contributed by atoms with van der Waals surface area (Å²) in [7, 11) is 4.04. The smallest absolute Gasteiger partial charge is 0.334 e. The number of aryl methyl sites for hydroxylation is 1. The predicted molar refractivity (Wildman–Crippen MR) is 207 cm³/mol. The molecule has 4 aliphatic heterocycles. The van der Waals surface area contributed by atoms with Crippen LogP contribution in [-0.2, 0) is 36.1 Å². The molecule has 5 heterocycles. The molecule has 1 aromatic heterocycles. The van der Waals surface area contributed by atoms with Crippen molar-refractivity contribution in [2.24, 2.45) is 13.0 Å². The Balaban J connectivity index is 1.13. The van der Waals surface area contributed by atoms with Gasteiger partial charge in [0, 0.05) is 70.4 Å². The van der Waals surface area contributed by atoms with Crippen LogP contribution in [0.5, 0.6) is 5.75 Å². The summed E-state index contributed by atoms with van der Waals surface area (Å²) in [4.78, 5) is 64.7.